The van der Waals surface area contributed by atoms with Gasteiger partial charge in [0.05, 0.1) is 0 Å². The van der Waals surface area contributed by atoms with Crippen LogP contribution in [0.5, 0.6) is 0 Å². The van der Waals surface area contributed by atoms with Crippen molar-refractivity contribution in [3.63, 3.8) is 0 Å². The fraction of sp³-hybridized carbons (Fsp3) is 0.333. The molecule has 0 radical (unpaired) electrons. The van der Waals surface area contributed by atoms with Gasteiger partial charge in [-0.3, -0.25) is 0 Å². The van der Waals surface area contributed by atoms with Crippen LogP contribution in [-0.4, -0.2) is 10.2 Å². The van der Waals surface area contributed by atoms with E-state index in [0.29, 0.717) is 0 Å². The maximum absolute atomic E-state index is 12.7. The first-order valence-electron chi connectivity index (χ1n) is 15.3. The van der Waals surface area contributed by atoms with Crippen molar-refractivity contribution in [1.29, 1.82) is 0 Å². The largest absolute Gasteiger partial charge is 0.369 e. The average Bonchev–Trinajstić information content (AvgIpc) is 2.84. The van der Waals surface area contributed by atoms with Crippen LogP contribution >= 0.6 is 0 Å². The Bertz CT molecular complexity index is 1570. The third-order valence-corrected chi connectivity index (χ3v) is 8.70. The molecule has 4 aromatic rings. The second-order valence-electron chi connectivity index (χ2n) is 13.0. The van der Waals surface area contributed by atoms with E-state index in [1.165, 1.54) is 0 Å². The van der Waals surface area contributed by atoms with Gasteiger partial charge in [-0.1, -0.05) is 70.8 Å². The Morgan fingerprint density at radius 2 is 0.500 bits per heavy atom. The van der Waals surface area contributed by atoms with Gasteiger partial charge in [0.1, 0.15) is 0 Å². The van der Waals surface area contributed by atoms with Gasteiger partial charge in [-0.2, -0.15) is 0 Å². The number of rotatable bonds is 4. The van der Waals surface area contributed by atoms with Crippen LogP contribution in [-0.2, 0) is 11.2 Å². The van der Waals surface area contributed by atoms with E-state index in [9.17, 15) is 10.2 Å². The SMILES string of the molecule is Cc1cc(C)c(C(O)(C#CC#CC(O)(c2c(C)cc(C)cc2C)c2c(C)cc(C)cc2C)c2c(C)cc(C)cc2C)c(C)c1. The molecule has 0 unspecified atom stereocenters. The van der Waals surface area contributed by atoms with Crippen LogP contribution in [0, 0.1) is 107 Å². The van der Waals surface area contributed by atoms with Crippen molar-refractivity contribution in [3.8, 4) is 23.7 Å². The summed E-state index contributed by atoms with van der Waals surface area (Å²) in [6.45, 7) is 24.5. The first-order chi connectivity index (χ1) is 20.5. The molecular formula is C42H46O2. The quantitative estimate of drug-likeness (QED) is 0.237. The van der Waals surface area contributed by atoms with Crippen LogP contribution in [0.2, 0.25) is 0 Å². The molecule has 0 saturated carbocycles. The van der Waals surface area contributed by atoms with Crippen molar-refractivity contribution in [3.05, 3.63) is 138 Å². The minimum atomic E-state index is -1.60. The Balaban J connectivity index is 2.04. The van der Waals surface area contributed by atoms with Gasteiger partial charge in [0.15, 0.2) is 11.2 Å². The molecule has 0 aromatic heterocycles. The summed E-state index contributed by atoms with van der Waals surface area (Å²) in [6.07, 6.45) is 0. The molecule has 0 aliphatic carbocycles. The third-order valence-electron chi connectivity index (χ3n) is 8.70. The fourth-order valence-corrected chi connectivity index (χ4v) is 7.75. The van der Waals surface area contributed by atoms with E-state index >= 15 is 0 Å². The van der Waals surface area contributed by atoms with Gasteiger partial charge in [-0.05, 0) is 151 Å². The fourth-order valence-electron chi connectivity index (χ4n) is 7.75. The van der Waals surface area contributed by atoms with Crippen molar-refractivity contribution < 1.29 is 10.2 Å². The molecule has 0 fully saturated rings. The Morgan fingerprint density at radius 3 is 0.659 bits per heavy atom. The smallest absolute Gasteiger partial charge is 0.178 e. The Kier molecular flexibility index (Phi) is 9.05. The monoisotopic (exact) mass is 582 g/mol. The van der Waals surface area contributed by atoms with E-state index in [1.807, 2.05) is 55.4 Å². The van der Waals surface area contributed by atoms with Gasteiger partial charge >= 0.3 is 0 Å². The van der Waals surface area contributed by atoms with Crippen LogP contribution in [0.4, 0.5) is 0 Å². The Hall–Kier alpha value is -4.08. The summed E-state index contributed by atoms with van der Waals surface area (Å²) in [6, 6.07) is 16.7. The second-order valence-corrected chi connectivity index (χ2v) is 13.0. The summed E-state index contributed by atoms with van der Waals surface area (Å²) in [5, 5.41) is 25.3. The van der Waals surface area contributed by atoms with Crippen LogP contribution in [0.1, 0.15) is 89.0 Å². The summed E-state index contributed by atoms with van der Waals surface area (Å²) in [7, 11) is 0. The highest BCUT2D eigenvalue weighted by Gasteiger charge is 2.37. The third kappa shape index (κ3) is 5.99. The number of hydrogen-bond acceptors (Lipinski definition) is 2. The molecule has 0 amide bonds. The summed E-state index contributed by atoms with van der Waals surface area (Å²) in [4.78, 5) is 0. The summed E-state index contributed by atoms with van der Waals surface area (Å²) < 4.78 is 0. The van der Waals surface area contributed by atoms with Gasteiger partial charge < -0.3 is 10.2 Å². The van der Waals surface area contributed by atoms with Gasteiger partial charge in [0.25, 0.3) is 0 Å². The van der Waals surface area contributed by atoms with Crippen molar-refractivity contribution in [2.45, 2.75) is 94.3 Å². The van der Waals surface area contributed by atoms with Gasteiger partial charge in [-0.15, -0.1) is 0 Å². The molecule has 2 N–H and O–H groups in total. The molecule has 0 atom stereocenters. The highest BCUT2D eigenvalue weighted by Crippen LogP contribution is 2.40. The van der Waals surface area contributed by atoms with Crippen molar-refractivity contribution in [2.75, 3.05) is 0 Å². The number of aryl methyl sites for hydroxylation is 12. The molecule has 0 spiro atoms. The molecule has 4 aromatic carbocycles. The highest BCUT2D eigenvalue weighted by atomic mass is 16.3. The topological polar surface area (TPSA) is 40.5 Å². The second kappa shape index (κ2) is 12.1. The van der Waals surface area contributed by atoms with E-state index in [-0.39, 0.29) is 0 Å². The van der Waals surface area contributed by atoms with Gasteiger partial charge in [0, 0.05) is 22.3 Å². The van der Waals surface area contributed by atoms with Crippen molar-refractivity contribution in [2.24, 2.45) is 0 Å². The van der Waals surface area contributed by atoms with Crippen molar-refractivity contribution >= 4 is 0 Å². The Labute approximate surface area is 265 Å². The van der Waals surface area contributed by atoms with E-state index < -0.39 is 11.2 Å². The molecule has 4 rings (SSSR count). The number of benzene rings is 4. The maximum atomic E-state index is 12.7. The normalized spacial score (nSPS) is 11.5. The van der Waals surface area contributed by atoms with Crippen LogP contribution in [0.25, 0.3) is 0 Å². The molecule has 0 bridgehead atoms. The maximum Gasteiger partial charge on any atom is 0.178 e. The average molecular weight is 583 g/mol. The molecule has 0 heterocycles. The van der Waals surface area contributed by atoms with Crippen molar-refractivity contribution in [1.82, 2.24) is 0 Å². The van der Waals surface area contributed by atoms with Crippen LogP contribution in [0.15, 0.2) is 48.5 Å². The zero-order chi connectivity index (χ0) is 32.7. The predicted octanol–water partition coefficient (Wildman–Crippen LogP) is 8.57. The molecular weight excluding hydrogens is 536 g/mol. The molecule has 2 nitrogen and oxygen atoms in total. The minimum Gasteiger partial charge on any atom is -0.369 e. The van der Waals surface area contributed by atoms with E-state index in [0.717, 1.165) is 89.0 Å². The summed E-state index contributed by atoms with van der Waals surface area (Å²) in [5.74, 6) is 12.5. The minimum absolute atomic E-state index is 0.776. The first-order valence-corrected chi connectivity index (χ1v) is 15.3. The molecule has 44 heavy (non-hydrogen) atoms. The van der Waals surface area contributed by atoms with Gasteiger partial charge in [-0.25, -0.2) is 0 Å². The molecule has 0 aliphatic rings. The lowest BCUT2D eigenvalue weighted by Gasteiger charge is -2.31. The number of hydrogen-bond donors (Lipinski definition) is 2. The lowest BCUT2D eigenvalue weighted by atomic mass is 9.77. The molecule has 0 saturated heterocycles. The standard InChI is InChI=1S/C42H46O2/c1-25-17-29(5)37(30(6)18-25)41(43,38-31(7)19-26(2)20-32(38)8)15-13-14-16-42(44,39-33(9)21-27(3)22-34(39)10)40-35(11)23-28(4)24-36(40)12/h17-24,43-44H,1-12H3. The predicted molar refractivity (Wildman–Crippen MR) is 184 cm³/mol. The molecule has 0 aliphatic heterocycles. The Morgan fingerprint density at radius 1 is 0.341 bits per heavy atom. The molecule has 2 heteroatoms. The van der Waals surface area contributed by atoms with E-state index in [1.54, 1.807) is 0 Å². The van der Waals surface area contributed by atoms with Crippen LogP contribution < -0.4 is 0 Å². The van der Waals surface area contributed by atoms with Gasteiger partial charge in [0.2, 0.25) is 0 Å². The lowest BCUT2D eigenvalue weighted by molar-refractivity contribution is 0.141. The first kappa shape index (κ1) is 32.8. The van der Waals surface area contributed by atoms with E-state index in [4.69, 9.17) is 0 Å². The zero-order valence-electron chi connectivity index (χ0n) is 28.5. The molecule has 226 valence electrons. The lowest BCUT2D eigenvalue weighted by Crippen LogP contribution is -2.30. The summed E-state index contributed by atoms with van der Waals surface area (Å²) in [5.41, 5.74) is 12.2. The highest BCUT2D eigenvalue weighted by molar-refractivity contribution is 5.60. The van der Waals surface area contributed by atoms with Crippen LogP contribution in [0.3, 0.4) is 0 Å². The summed E-state index contributed by atoms with van der Waals surface area (Å²) >= 11 is 0. The number of aliphatic hydroxyl groups is 2. The van der Waals surface area contributed by atoms with E-state index in [2.05, 4.69) is 99.9 Å². The zero-order valence-corrected chi connectivity index (χ0v) is 28.5.